The summed E-state index contributed by atoms with van der Waals surface area (Å²) in [5, 5.41) is 15.1. The van der Waals surface area contributed by atoms with Crippen molar-refractivity contribution >= 4 is 16.8 Å². The Labute approximate surface area is 153 Å². The fourth-order valence-electron chi connectivity index (χ4n) is 4.73. The van der Waals surface area contributed by atoms with Gasteiger partial charge in [-0.2, -0.15) is 10.4 Å². The summed E-state index contributed by atoms with van der Waals surface area (Å²) in [4.78, 5) is 16.6. The van der Waals surface area contributed by atoms with Crippen molar-refractivity contribution in [2.24, 2.45) is 11.7 Å². The minimum atomic E-state index is -0.557. The molecule has 2 aromatic rings. The maximum absolute atomic E-state index is 11.8. The number of carbonyl (C=O) groups excluding carboxylic acids is 1. The number of piperazine rings is 1. The molecule has 3 atom stereocenters. The molecule has 136 valence electrons. The second kappa shape index (κ2) is 6.38. The van der Waals surface area contributed by atoms with E-state index in [2.05, 4.69) is 35.1 Å². The van der Waals surface area contributed by atoms with Crippen molar-refractivity contribution in [3.63, 3.8) is 0 Å². The molecule has 2 aliphatic rings. The average molecular weight is 352 g/mol. The molecule has 2 bridgehead atoms. The lowest BCUT2D eigenvalue weighted by Gasteiger charge is -2.50. The van der Waals surface area contributed by atoms with E-state index in [0.717, 1.165) is 31.4 Å². The van der Waals surface area contributed by atoms with Crippen LogP contribution in [-0.2, 0) is 0 Å². The van der Waals surface area contributed by atoms with E-state index >= 15 is 0 Å². The second-order valence-corrected chi connectivity index (χ2v) is 7.67. The number of nitrogens with zero attached hydrogens (tertiary/aromatic N) is 5. The Kier molecular flexibility index (Phi) is 4.17. The highest BCUT2D eigenvalue weighted by Crippen LogP contribution is 2.38. The first-order chi connectivity index (χ1) is 12.5. The number of para-hydroxylation sites is 1. The van der Waals surface area contributed by atoms with Gasteiger partial charge in [-0.05, 0) is 38.9 Å². The van der Waals surface area contributed by atoms with Crippen molar-refractivity contribution in [1.29, 1.82) is 5.26 Å². The molecule has 26 heavy (non-hydrogen) atoms. The summed E-state index contributed by atoms with van der Waals surface area (Å²) < 4.78 is 1.73. The first-order valence-electron chi connectivity index (χ1n) is 9.06. The molecule has 2 aliphatic heterocycles. The van der Waals surface area contributed by atoms with Gasteiger partial charge in [0.25, 0.3) is 5.91 Å². The molecular formula is C19H24N6O. The van der Waals surface area contributed by atoms with Gasteiger partial charge in [0.15, 0.2) is 5.69 Å². The van der Waals surface area contributed by atoms with Crippen molar-refractivity contribution in [2.75, 3.05) is 27.2 Å². The molecule has 2 saturated heterocycles. The minimum Gasteiger partial charge on any atom is -0.364 e. The maximum Gasteiger partial charge on any atom is 0.269 e. The SMILES string of the molecule is CN1CC2CC(C(C#N)n3nc(C(N)=O)c4ccccc43)CC(C1)N2C. The number of likely N-dealkylation sites (tertiary alicyclic amines) is 1. The molecule has 4 rings (SSSR count). The van der Waals surface area contributed by atoms with Gasteiger partial charge in [0.1, 0.15) is 6.04 Å². The number of benzene rings is 1. The molecule has 1 aromatic carbocycles. The van der Waals surface area contributed by atoms with Crippen molar-refractivity contribution in [2.45, 2.75) is 31.0 Å². The number of primary amides is 1. The fraction of sp³-hybridized carbons (Fsp3) is 0.526. The summed E-state index contributed by atoms with van der Waals surface area (Å²) in [6.45, 7) is 2.04. The molecule has 0 spiro atoms. The van der Waals surface area contributed by atoms with Gasteiger partial charge in [-0.25, -0.2) is 4.68 Å². The standard InChI is InChI=1S/C19H24N6O/c1-23-10-13-7-12(8-14(11-23)24(13)2)17(9-20)25-16-6-4-3-5-15(16)18(22-25)19(21)26/h3-6,12-14,17H,7-8,10-11H2,1-2H3,(H2,21,26). The Bertz CT molecular complexity index is 868. The van der Waals surface area contributed by atoms with E-state index < -0.39 is 11.9 Å². The zero-order valence-electron chi connectivity index (χ0n) is 15.2. The average Bonchev–Trinajstić information content (AvgIpc) is 2.97. The topological polar surface area (TPSA) is 91.2 Å². The van der Waals surface area contributed by atoms with Crippen LogP contribution in [0.15, 0.2) is 24.3 Å². The summed E-state index contributed by atoms with van der Waals surface area (Å²) in [6, 6.07) is 10.5. The third-order valence-corrected chi connectivity index (χ3v) is 6.04. The van der Waals surface area contributed by atoms with E-state index in [1.165, 1.54) is 0 Å². The predicted octanol–water partition coefficient (Wildman–Crippen LogP) is 1.22. The molecule has 7 heteroatoms. The molecule has 3 heterocycles. The lowest BCUT2D eigenvalue weighted by atomic mass is 9.80. The van der Waals surface area contributed by atoms with E-state index in [1.54, 1.807) is 4.68 Å². The zero-order valence-corrected chi connectivity index (χ0v) is 15.2. The van der Waals surface area contributed by atoms with E-state index in [-0.39, 0.29) is 11.6 Å². The van der Waals surface area contributed by atoms with Gasteiger partial charge >= 0.3 is 0 Å². The summed E-state index contributed by atoms with van der Waals surface area (Å²) in [5.74, 6) is -0.345. The zero-order chi connectivity index (χ0) is 18.4. The number of amides is 1. The summed E-state index contributed by atoms with van der Waals surface area (Å²) in [6.07, 6.45) is 1.91. The van der Waals surface area contributed by atoms with Crippen LogP contribution in [0.2, 0.25) is 0 Å². The molecule has 0 aliphatic carbocycles. The highest BCUT2D eigenvalue weighted by atomic mass is 16.1. The third kappa shape index (κ3) is 2.66. The predicted molar refractivity (Wildman–Crippen MR) is 98.5 cm³/mol. The van der Waals surface area contributed by atoms with Crippen LogP contribution in [0.3, 0.4) is 0 Å². The molecule has 0 radical (unpaired) electrons. The Balaban J connectivity index is 1.72. The summed E-state index contributed by atoms with van der Waals surface area (Å²) >= 11 is 0. The monoisotopic (exact) mass is 352 g/mol. The van der Waals surface area contributed by atoms with Crippen LogP contribution in [0.4, 0.5) is 0 Å². The highest BCUT2D eigenvalue weighted by molar-refractivity contribution is 6.04. The highest BCUT2D eigenvalue weighted by Gasteiger charge is 2.41. The summed E-state index contributed by atoms with van der Waals surface area (Å²) in [5.41, 5.74) is 6.56. The number of fused-ring (bicyclic) bond motifs is 3. The molecule has 2 N–H and O–H groups in total. The van der Waals surface area contributed by atoms with Crippen LogP contribution in [-0.4, -0.2) is 64.8 Å². The number of piperidine rings is 1. The lowest BCUT2D eigenvalue weighted by Crippen LogP contribution is -2.60. The quantitative estimate of drug-likeness (QED) is 0.897. The van der Waals surface area contributed by atoms with Gasteiger partial charge in [0.05, 0.1) is 11.6 Å². The van der Waals surface area contributed by atoms with Crippen LogP contribution in [0.5, 0.6) is 0 Å². The van der Waals surface area contributed by atoms with E-state index in [1.807, 2.05) is 24.3 Å². The number of aromatic nitrogens is 2. The van der Waals surface area contributed by atoms with Crippen molar-refractivity contribution in [3.8, 4) is 6.07 Å². The Hall–Kier alpha value is -2.43. The van der Waals surface area contributed by atoms with Gasteiger partial charge in [-0.3, -0.25) is 9.69 Å². The van der Waals surface area contributed by atoms with Crippen molar-refractivity contribution in [3.05, 3.63) is 30.0 Å². The number of hydrogen-bond donors (Lipinski definition) is 1. The lowest BCUT2D eigenvalue weighted by molar-refractivity contribution is -0.00920. The first-order valence-corrected chi connectivity index (χ1v) is 9.06. The molecule has 7 nitrogen and oxygen atoms in total. The normalized spacial score (nSPS) is 28.0. The van der Waals surface area contributed by atoms with Crippen molar-refractivity contribution in [1.82, 2.24) is 19.6 Å². The number of nitrogens with two attached hydrogens (primary N) is 1. The second-order valence-electron chi connectivity index (χ2n) is 7.67. The van der Waals surface area contributed by atoms with E-state index in [4.69, 9.17) is 5.73 Å². The molecular weight excluding hydrogens is 328 g/mol. The van der Waals surface area contributed by atoms with Crippen LogP contribution in [0.25, 0.3) is 10.9 Å². The number of likely N-dealkylation sites (N-methyl/N-ethyl adjacent to an activating group) is 2. The van der Waals surface area contributed by atoms with E-state index in [9.17, 15) is 10.1 Å². The van der Waals surface area contributed by atoms with Crippen LogP contribution >= 0.6 is 0 Å². The van der Waals surface area contributed by atoms with Crippen LogP contribution in [0.1, 0.15) is 29.4 Å². The largest absolute Gasteiger partial charge is 0.364 e. The van der Waals surface area contributed by atoms with Crippen LogP contribution in [0, 0.1) is 17.2 Å². The molecule has 1 amide bonds. The molecule has 1 aromatic heterocycles. The number of hydrogen-bond acceptors (Lipinski definition) is 5. The maximum atomic E-state index is 11.8. The number of rotatable bonds is 3. The minimum absolute atomic E-state index is 0.212. The van der Waals surface area contributed by atoms with Gasteiger partial charge in [0.2, 0.25) is 0 Å². The first kappa shape index (κ1) is 17.0. The number of carbonyl (C=O) groups is 1. The van der Waals surface area contributed by atoms with Gasteiger partial charge in [0, 0.05) is 30.6 Å². The number of nitriles is 1. The van der Waals surface area contributed by atoms with Crippen molar-refractivity contribution < 1.29 is 4.79 Å². The molecule has 3 unspecified atom stereocenters. The van der Waals surface area contributed by atoms with Gasteiger partial charge < -0.3 is 10.6 Å². The van der Waals surface area contributed by atoms with Crippen LogP contribution < -0.4 is 5.73 Å². The van der Waals surface area contributed by atoms with E-state index in [0.29, 0.717) is 17.5 Å². The Morgan fingerprint density at radius 1 is 1.27 bits per heavy atom. The Morgan fingerprint density at radius 3 is 2.54 bits per heavy atom. The summed E-state index contributed by atoms with van der Waals surface area (Å²) in [7, 11) is 4.35. The third-order valence-electron chi connectivity index (χ3n) is 6.04. The fourth-order valence-corrected chi connectivity index (χ4v) is 4.73. The van der Waals surface area contributed by atoms with Gasteiger partial charge in [-0.1, -0.05) is 18.2 Å². The van der Waals surface area contributed by atoms with Gasteiger partial charge in [-0.15, -0.1) is 0 Å². The Morgan fingerprint density at radius 2 is 1.92 bits per heavy atom. The molecule has 2 fully saturated rings. The molecule has 0 saturated carbocycles. The smallest absolute Gasteiger partial charge is 0.269 e.